The van der Waals surface area contributed by atoms with Crippen LogP contribution in [0.4, 0.5) is 5.69 Å². The number of ether oxygens (including phenoxy) is 3. The lowest BCUT2D eigenvalue weighted by atomic mass is 9.96. The molecule has 0 fully saturated rings. The molecule has 1 heterocycles. The largest absolute Gasteiger partial charge is 0.486 e. The van der Waals surface area contributed by atoms with Crippen molar-refractivity contribution in [1.29, 1.82) is 0 Å². The van der Waals surface area contributed by atoms with E-state index < -0.39 is 0 Å². The third-order valence-electron chi connectivity index (χ3n) is 4.51. The summed E-state index contributed by atoms with van der Waals surface area (Å²) in [5.74, 6) is 1.23. The molecule has 1 atom stereocenters. The normalized spacial score (nSPS) is 13.9. The Balaban J connectivity index is 2.01. The van der Waals surface area contributed by atoms with Gasteiger partial charge in [-0.3, -0.25) is 4.79 Å². The molecule has 0 bridgehead atoms. The van der Waals surface area contributed by atoms with Gasteiger partial charge in [0.1, 0.15) is 13.2 Å². The van der Waals surface area contributed by atoms with E-state index in [4.69, 9.17) is 14.2 Å². The molecular weight excluding hydrogens is 318 g/mol. The fourth-order valence-corrected chi connectivity index (χ4v) is 3.10. The maximum absolute atomic E-state index is 12.0. The molecule has 1 aliphatic heterocycles. The number of aryl methyl sites for hydroxylation is 1. The zero-order valence-electron chi connectivity index (χ0n) is 14.8. The van der Waals surface area contributed by atoms with E-state index in [1.54, 1.807) is 0 Å². The highest BCUT2D eigenvalue weighted by atomic mass is 16.6. The van der Waals surface area contributed by atoms with Crippen LogP contribution in [0.1, 0.15) is 23.6 Å². The lowest BCUT2D eigenvalue weighted by molar-refractivity contribution is -0.141. The molecule has 0 aromatic heterocycles. The average Bonchev–Trinajstić information content (AvgIpc) is 2.65. The number of anilines is 1. The van der Waals surface area contributed by atoms with Gasteiger partial charge in [-0.25, -0.2) is 0 Å². The minimum Gasteiger partial charge on any atom is -0.486 e. The number of hydrogen-bond acceptors (Lipinski definition) is 5. The Hall–Kier alpha value is -2.69. The molecule has 3 rings (SSSR count). The van der Waals surface area contributed by atoms with Crippen LogP contribution in [0, 0.1) is 6.92 Å². The molecule has 0 radical (unpaired) electrons. The summed E-state index contributed by atoms with van der Waals surface area (Å²) in [7, 11) is 3.40. The third kappa shape index (κ3) is 3.71. The van der Waals surface area contributed by atoms with Crippen molar-refractivity contribution in [3.05, 3.63) is 53.6 Å². The van der Waals surface area contributed by atoms with Gasteiger partial charge < -0.3 is 19.1 Å². The number of para-hydroxylation sites is 1. The lowest BCUT2D eigenvalue weighted by Crippen LogP contribution is -2.28. The van der Waals surface area contributed by atoms with Crippen LogP contribution in [-0.4, -0.2) is 33.3 Å². The number of rotatable bonds is 5. The van der Waals surface area contributed by atoms with Crippen LogP contribution in [0.25, 0.3) is 0 Å². The van der Waals surface area contributed by atoms with Gasteiger partial charge in [-0.1, -0.05) is 18.2 Å². The Morgan fingerprint density at radius 2 is 1.80 bits per heavy atom. The van der Waals surface area contributed by atoms with E-state index in [2.05, 4.69) is 4.90 Å². The van der Waals surface area contributed by atoms with E-state index in [9.17, 15) is 4.79 Å². The van der Waals surface area contributed by atoms with Crippen molar-refractivity contribution in [1.82, 2.24) is 0 Å². The lowest BCUT2D eigenvalue weighted by Gasteiger charge is -2.32. The quantitative estimate of drug-likeness (QED) is 0.779. The Labute approximate surface area is 148 Å². The molecule has 0 spiro atoms. The van der Waals surface area contributed by atoms with Crippen LogP contribution in [-0.2, 0) is 9.53 Å². The van der Waals surface area contributed by atoms with E-state index in [1.165, 1.54) is 7.11 Å². The molecule has 5 nitrogen and oxygen atoms in total. The van der Waals surface area contributed by atoms with Gasteiger partial charge >= 0.3 is 5.97 Å². The Kier molecular flexibility index (Phi) is 5.12. The molecule has 0 amide bonds. The van der Waals surface area contributed by atoms with Gasteiger partial charge in [0.15, 0.2) is 11.5 Å². The van der Waals surface area contributed by atoms with Crippen molar-refractivity contribution in [3.8, 4) is 11.5 Å². The molecule has 2 aromatic carbocycles. The molecule has 0 aliphatic carbocycles. The fraction of sp³-hybridized carbons (Fsp3) is 0.350. The van der Waals surface area contributed by atoms with Crippen LogP contribution in [0.5, 0.6) is 11.5 Å². The second kappa shape index (κ2) is 7.47. The average molecular weight is 341 g/mol. The first-order valence-corrected chi connectivity index (χ1v) is 8.35. The highest BCUT2D eigenvalue weighted by molar-refractivity contribution is 5.71. The summed E-state index contributed by atoms with van der Waals surface area (Å²) in [6.45, 7) is 3.11. The summed E-state index contributed by atoms with van der Waals surface area (Å²) in [6, 6.07) is 13.8. The van der Waals surface area contributed by atoms with Gasteiger partial charge in [-0.05, 0) is 42.3 Å². The van der Waals surface area contributed by atoms with Crippen LogP contribution >= 0.6 is 0 Å². The zero-order chi connectivity index (χ0) is 17.8. The van der Waals surface area contributed by atoms with Crippen molar-refractivity contribution in [3.63, 3.8) is 0 Å². The maximum Gasteiger partial charge on any atom is 0.307 e. The van der Waals surface area contributed by atoms with Gasteiger partial charge in [0, 0.05) is 12.7 Å². The molecule has 0 saturated carbocycles. The van der Waals surface area contributed by atoms with Gasteiger partial charge in [0.05, 0.1) is 19.6 Å². The molecule has 25 heavy (non-hydrogen) atoms. The Morgan fingerprint density at radius 3 is 2.44 bits per heavy atom. The van der Waals surface area contributed by atoms with Crippen molar-refractivity contribution in [2.75, 3.05) is 32.3 Å². The Morgan fingerprint density at radius 1 is 1.16 bits per heavy atom. The van der Waals surface area contributed by atoms with Gasteiger partial charge in [-0.15, -0.1) is 0 Å². The maximum atomic E-state index is 12.0. The first kappa shape index (κ1) is 17.1. The molecule has 1 aliphatic rings. The first-order chi connectivity index (χ1) is 12.1. The highest BCUT2D eigenvalue weighted by Crippen LogP contribution is 2.38. The minimum atomic E-state index is -0.248. The van der Waals surface area contributed by atoms with E-state index in [0.29, 0.717) is 13.2 Å². The first-order valence-electron chi connectivity index (χ1n) is 8.35. The summed E-state index contributed by atoms with van der Waals surface area (Å²) in [6.07, 6.45) is 0.252. The van der Waals surface area contributed by atoms with Crippen molar-refractivity contribution >= 4 is 11.7 Å². The molecule has 1 unspecified atom stereocenters. The summed E-state index contributed by atoms with van der Waals surface area (Å²) in [5.41, 5.74) is 3.12. The number of hydrogen-bond donors (Lipinski definition) is 0. The molecule has 0 N–H and O–H groups in total. The summed E-state index contributed by atoms with van der Waals surface area (Å²) >= 11 is 0. The summed E-state index contributed by atoms with van der Waals surface area (Å²) < 4.78 is 16.3. The number of fused-ring (bicyclic) bond motifs is 1. The number of benzene rings is 2. The van der Waals surface area contributed by atoms with Crippen molar-refractivity contribution in [2.45, 2.75) is 19.4 Å². The second-order valence-corrected chi connectivity index (χ2v) is 6.09. The molecular formula is C20H23NO4. The van der Waals surface area contributed by atoms with E-state index in [0.717, 1.165) is 28.3 Å². The number of nitrogens with zero attached hydrogens (tertiary/aromatic N) is 1. The predicted molar refractivity (Wildman–Crippen MR) is 96.4 cm³/mol. The monoisotopic (exact) mass is 341 g/mol. The van der Waals surface area contributed by atoms with Crippen LogP contribution in [0.15, 0.2) is 42.5 Å². The zero-order valence-corrected chi connectivity index (χ0v) is 14.8. The van der Waals surface area contributed by atoms with Crippen LogP contribution < -0.4 is 14.4 Å². The van der Waals surface area contributed by atoms with Gasteiger partial charge in [0.25, 0.3) is 0 Å². The van der Waals surface area contributed by atoms with E-state index in [1.807, 2.05) is 56.4 Å². The summed E-state index contributed by atoms with van der Waals surface area (Å²) in [4.78, 5) is 14.1. The smallest absolute Gasteiger partial charge is 0.307 e. The number of carbonyl (C=O) groups is 1. The van der Waals surface area contributed by atoms with Crippen LogP contribution in [0.3, 0.4) is 0 Å². The standard InChI is InChI=1S/C20H23NO4/c1-14-11-18-19(25-10-9-24-18)12-16(14)17(13-20(22)23-3)21(2)15-7-5-4-6-8-15/h4-8,11-12,17H,9-10,13H2,1-3H3. The van der Waals surface area contributed by atoms with Crippen molar-refractivity contribution < 1.29 is 19.0 Å². The van der Waals surface area contributed by atoms with Crippen molar-refractivity contribution in [2.24, 2.45) is 0 Å². The van der Waals surface area contributed by atoms with Crippen LogP contribution in [0.2, 0.25) is 0 Å². The van der Waals surface area contributed by atoms with E-state index >= 15 is 0 Å². The van der Waals surface area contributed by atoms with Gasteiger partial charge in [0.2, 0.25) is 0 Å². The molecule has 5 heteroatoms. The third-order valence-corrected chi connectivity index (χ3v) is 4.51. The number of methoxy groups -OCH3 is 1. The Bertz CT molecular complexity index is 745. The molecule has 132 valence electrons. The molecule has 0 saturated heterocycles. The fourth-order valence-electron chi connectivity index (χ4n) is 3.10. The minimum absolute atomic E-state index is 0.161. The van der Waals surface area contributed by atoms with Gasteiger partial charge in [-0.2, -0.15) is 0 Å². The SMILES string of the molecule is COC(=O)CC(c1cc2c(cc1C)OCCO2)N(C)c1ccccc1. The van der Waals surface area contributed by atoms with E-state index in [-0.39, 0.29) is 18.4 Å². The number of esters is 1. The topological polar surface area (TPSA) is 48.0 Å². The molecule has 2 aromatic rings. The number of carbonyl (C=O) groups excluding carboxylic acids is 1. The summed E-state index contributed by atoms with van der Waals surface area (Å²) in [5, 5.41) is 0. The second-order valence-electron chi connectivity index (χ2n) is 6.09. The highest BCUT2D eigenvalue weighted by Gasteiger charge is 2.25. The predicted octanol–water partition coefficient (Wildman–Crippen LogP) is 3.51.